The maximum absolute atomic E-state index is 10.8. The monoisotopic (exact) mass is 199 g/mol. The highest BCUT2D eigenvalue weighted by atomic mass is 16.4. The van der Waals surface area contributed by atoms with E-state index in [2.05, 4.69) is 0 Å². The van der Waals surface area contributed by atoms with E-state index in [4.69, 9.17) is 5.11 Å². The van der Waals surface area contributed by atoms with E-state index in [0.29, 0.717) is 19.0 Å². The average Bonchev–Trinajstić information content (AvgIpc) is 2.18. The van der Waals surface area contributed by atoms with Crippen molar-refractivity contribution < 1.29 is 14.7 Å². The second kappa shape index (κ2) is 3.98. The molecule has 1 heterocycles. The third-order valence-electron chi connectivity index (χ3n) is 3.12. The second-order valence-electron chi connectivity index (χ2n) is 4.48. The summed E-state index contributed by atoms with van der Waals surface area (Å²) in [5.41, 5.74) is -0.315. The molecule has 0 saturated carbocycles. The molecule has 1 rings (SSSR count). The quantitative estimate of drug-likeness (QED) is 0.687. The largest absolute Gasteiger partial charge is 0.465 e. The van der Waals surface area contributed by atoms with Gasteiger partial charge in [0, 0.05) is 18.5 Å². The molecule has 0 unspecified atom stereocenters. The second-order valence-corrected chi connectivity index (χ2v) is 4.48. The van der Waals surface area contributed by atoms with E-state index >= 15 is 0 Å². The molecular formula is C10H17NO3. The van der Waals surface area contributed by atoms with Crippen molar-refractivity contribution >= 4 is 12.4 Å². The Morgan fingerprint density at radius 1 is 1.43 bits per heavy atom. The predicted molar refractivity (Wildman–Crippen MR) is 52.2 cm³/mol. The van der Waals surface area contributed by atoms with Gasteiger partial charge in [-0.05, 0) is 18.8 Å². The summed E-state index contributed by atoms with van der Waals surface area (Å²) in [5.74, 6) is 0.315. The fourth-order valence-electron chi connectivity index (χ4n) is 1.91. The maximum atomic E-state index is 10.8. The highest BCUT2D eigenvalue weighted by molar-refractivity contribution is 5.65. The van der Waals surface area contributed by atoms with E-state index in [9.17, 15) is 9.59 Å². The molecule has 0 atom stereocenters. The third-order valence-corrected chi connectivity index (χ3v) is 3.12. The summed E-state index contributed by atoms with van der Waals surface area (Å²) < 4.78 is 0. The van der Waals surface area contributed by atoms with E-state index in [0.717, 1.165) is 19.1 Å². The molecule has 0 aromatic carbocycles. The Morgan fingerprint density at radius 3 is 2.29 bits per heavy atom. The van der Waals surface area contributed by atoms with E-state index in [1.165, 1.54) is 4.90 Å². The summed E-state index contributed by atoms with van der Waals surface area (Å²) in [6.07, 6.45) is 1.71. The van der Waals surface area contributed by atoms with Gasteiger partial charge in [-0.25, -0.2) is 4.79 Å². The Morgan fingerprint density at radius 2 is 1.93 bits per heavy atom. The van der Waals surface area contributed by atoms with Gasteiger partial charge in [-0.3, -0.25) is 0 Å². The molecule has 1 fully saturated rings. The SMILES string of the molecule is CC(C)(C=O)C1CCN(C(=O)O)CC1. The van der Waals surface area contributed by atoms with Crippen molar-refractivity contribution in [3.05, 3.63) is 0 Å². The van der Waals surface area contributed by atoms with Crippen LogP contribution in [0.1, 0.15) is 26.7 Å². The molecule has 1 aliphatic rings. The average molecular weight is 199 g/mol. The number of nitrogens with zero attached hydrogens (tertiary/aromatic N) is 1. The summed E-state index contributed by atoms with van der Waals surface area (Å²) in [4.78, 5) is 22.9. The van der Waals surface area contributed by atoms with Gasteiger partial charge in [0.1, 0.15) is 6.29 Å². The minimum absolute atomic E-state index is 0.315. The Balaban J connectivity index is 2.51. The number of hydrogen-bond acceptors (Lipinski definition) is 2. The zero-order valence-electron chi connectivity index (χ0n) is 8.69. The van der Waals surface area contributed by atoms with Crippen molar-refractivity contribution in [2.75, 3.05) is 13.1 Å². The molecule has 4 heteroatoms. The molecule has 1 N–H and O–H groups in total. The molecule has 14 heavy (non-hydrogen) atoms. The van der Waals surface area contributed by atoms with Crippen LogP contribution in [0, 0.1) is 11.3 Å². The normalized spacial score (nSPS) is 19.4. The van der Waals surface area contributed by atoms with Crippen LogP contribution in [0.15, 0.2) is 0 Å². The maximum Gasteiger partial charge on any atom is 0.407 e. The lowest BCUT2D eigenvalue weighted by Gasteiger charge is -2.36. The zero-order chi connectivity index (χ0) is 10.8. The van der Waals surface area contributed by atoms with Crippen molar-refractivity contribution in [1.29, 1.82) is 0 Å². The number of aldehydes is 1. The Hall–Kier alpha value is -1.06. The molecule has 1 amide bonds. The molecule has 0 radical (unpaired) electrons. The molecule has 0 aromatic heterocycles. The summed E-state index contributed by atoms with van der Waals surface area (Å²) in [7, 11) is 0. The predicted octanol–water partition coefficient (Wildman–Crippen LogP) is 1.60. The van der Waals surface area contributed by atoms with Crippen LogP contribution in [0.3, 0.4) is 0 Å². The molecule has 1 aliphatic heterocycles. The van der Waals surface area contributed by atoms with E-state index in [1.807, 2.05) is 13.8 Å². The minimum atomic E-state index is -0.854. The van der Waals surface area contributed by atoms with Crippen LogP contribution in [0.4, 0.5) is 4.79 Å². The number of carbonyl (C=O) groups is 2. The molecule has 0 aromatic rings. The molecular weight excluding hydrogens is 182 g/mol. The van der Waals surface area contributed by atoms with Crippen LogP contribution < -0.4 is 0 Å². The molecule has 0 bridgehead atoms. The Kier molecular flexibility index (Phi) is 3.13. The molecule has 80 valence electrons. The lowest BCUT2D eigenvalue weighted by atomic mass is 9.75. The van der Waals surface area contributed by atoms with Gasteiger partial charge in [0.2, 0.25) is 0 Å². The summed E-state index contributed by atoms with van der Waals surface area (Å²) in [5, 5.41) is 8.74. The number of carbonyl (C=O) groups excluding carboxylic acids is 1. The smallest absolute Gasteiger partial charge is 0.407 e. The van der Waals surface area contributed by atoms with Crippen LogP contribution >= 0.6 is 0 Å². The topological polar surface area (TPSA) is 57.6 Å². The summed E-state index contributed by atoms with van der Waals surface area (Å²) in [6, 6.07) is 0. The standard InChI is InChI=1S/C10H17NO3/c1-10(2,7-12)8-3-5-11(6-4-8)9(13)14/h7-8H,3-6H2,1-2H3,(H,13,14). The zero-order valence-corrected chi connectivity index (χ0v) is 8.69. The van der Waals surface area contributed by atoms with Gasteiger partial charge in [0.05, 0.1) is 0 Å². The first-order valence-electron chi connectivity index (χ1n) is 4.91. The van der Waals surface area contributed by atoms with E-state index < -0.39 is 6.09 Å². The number of carboxylic acid groups (broad SMARTS) is 1. The van der Waals surface area contributed by atoms with E-state index in [1.54, 1.807) is 0 Å². The van der Waals surface area contributed by atoms with Gasteiger partial charge in [-0.2, -0.15) is 0 Å². The van der Waals surface area contributed by atoms with Crippen molar-refractivity contribution in [2.24, 2.45) is 11.3 Å². The van der Waals surface area contributed by atoms with Gasteiger partial charge in [0.15, 0.2) is 0 Å². The fraction of sp³-hybridized carbons (Fsp3) is 0.800. The van der Waals surface area contributed by atoms with Gasteiger partial charge < -0.3 is 14.8 Å². The molecule has 0 spiro atoms. The van der Waals surface area contributed by atoms with E-state index in [-0.39, 0.29) is 5.41 Å². The Bertz CT molecular complexity index is 230. The van der Waals surface area contributed by atoms with Crippen molar-refractivity contribution in [3.63, 3.8) is 0 Å². The van der Waals surface area contributed by atoms with Crippen LogP contribution in [0.2, 0.25) is 0 Å². The van der Waals surface area contributed by atoms with Gasteiger partial charge in [-0.15, -0.1) is 0 Å². The van der Waals surface area contributed by atoms with Crippen LogP contribution in [-0.4, -0.2) is 35.5 Å². The molecule has 1 saturated heterocycles. The molecule has 4 nitrogen and oxygen atoms in total. The van der Waals surface area contributed by atoms with Crippen LogP contribution in [0.25, 0.3) is 0 Å². The number of rotatable bonds is 2. The lowest BCUT2D eigenvalue weighted by molar-refractivity contribution is -0.117. The fourth-order valence-corrected chi connectivity index (χ4v) is 1.91. The van der Waals surface area contributed by atoms with Crippen LogP contribution in [-0.2, 0) is 4.79 Å². The highest BCUT2D eigenvalue weighted by Crippen LogP contribution is 2.32. The first-order chi connectivity index (χ1) is 6.47. The van der Waals surface area contributed by atoms with Crippen molar-refractivity contribution in [3.8, 4) is 0 Å². The summed E-state index contributed by atoms with van der Waals surface area (Å²) >= 11 is 0. The van der Waals surface area contributed by atoms with Crippen molar-refractivity contribution in [2.45, 2.75) is 26.7 Å². The highest BCUT2D eigenvalue weighted by Gasteiger charge is 2.33. The number of amides is 1. The first kappa shape index (κ1) is 11.0. The number of likely N-dealkylation sites (tertiary alicyclic amines) is 1. The third kappa shape index (κ3) is 2.25. The summed E-state index contributed by atoms with van der Waals surface area (Å²) in [6.45, 7) is 4.94. The first-order valence-corrected chi connectivity index (χ1v) is 4.91. The Labute approximate surface area is 83.9 Å². The molecule has 0 aliphatic carbocycles. The number of piperidine rings is 1. The number of hydrogen-bond donors (Lipinski definition) is 1. The lowest BCUT2D eigenvalue weighted by Crippen LogP contribution is -2.41. The minimum Gasteiger partial charge on any atom is -0.465 e. The van der Waals surface area contributed by atoms with Gasteiger partial charge >= 0.3 is 6.09 Å². The van der Waals surface area contributed by atoms with Gasteiger partial charge in [-0.1, -0.05) is 13.8 Å². The van der Waals surface area contributed by atoms with Gasteiger partial charge in [0.25, 0.3) is 0 Å². The van der Waals surface area contributed by atoms with Crippen molar-refractivity contribution in [1.82, 2.24) is 4.90 Å². The van der Waals surface area contributed by atoms with Crippen LogP contribution in [0.5, 0.6) is 0 Å².